The number of nitrogens with zero attached hydrogens (tertiary/aromatic N) is 3. The van der Waals surface area contributed by atoms with Crippen LogP contribution in [0.15, 0.2) is 18.2 Å². The van der Waals surface area contributed by atoms with Crippen LogP contribution in [0, 0.1) is 5.39 Å². The Kier molecular flexibility index (Phi) is 12.6. The first-order valence-corrected chi connectivity index (χ1v) is 3.89. The summed E-state index contributed by atoms with van der Waals surface area (Å²) in [7, 11) is 5.36. The second-order valence-corrected chi connectivity index (χ2v) is 2.85. The standard InChI is InChI=1S/C9H12N3O.2ClH.Zn/c1-12(2)9-6-7(13-3)4-5-8(9)11-10;;;/h4-6H,1-3H3;2*1H;/q+1;;;/p-1. The molecular weight excluding hydrogens is 302 g/mol. The Labute approximate surface area is 121 Å². The van der Waals surface area contributed by atoms with Gasteiger partial charge in [0, 0.05) is 45.7 Å². The van der Waals surface area contributed by atoms with E-state index in [0.717, 1.165) is 11.4 Å². The van der Waals surface area contributed by atoms with Crippen LogP contribution in [0.5, 0.6) is 5.75 Å². The molecule has 1 aromatic carbocycles. The maximum absolute atomic E-state index is 8.69. The number of halogens is 2. The van der Waals surface area contributed by atoms with Crippen LogP contribution in [0.25, 0.3) is 4.98 Å². The van der Waals surface area contributed by atoms with Crippen LogP contribution in [0.3, 0.4) is 0 Å². The number of benzene rings is 1. The Hall–Kier alpha value is -0.557. The largest absolute Gasteiger partial charge is 1.00 e. The average molecular weight is 316 g/mol. The van der Waals surface area contributed by atoms with Crippen LogP contribution in [0.1, 0.15) is 0 Å². The smallest absolute Gasteiger partial charge is 0.408 e. The minimum atomic E-state index is 0. The van der Waals surface area contributed by atoms with Gasteiger partial charge in [-0.2, -0.15) is 0 Å². The van der Waals surface area contributed by atoms with Crippen LogP contribution in [-0.2, 0) is 19.5 Å². The van der Waals surface area contributed by atoms with E-state index < -0.39 is 0 Å². The topological polar surface area (TPSA) is 40.6 Å². The minimum Gasteiger partial charge on any atom is -1.00 e. The fraction of sp³-hybridized carbons (Fsp3) is 0.333. The first-order chi connectivity index (χ1) is 6.19. The van der Waals surface area contributed by atoms with Crippen molar-refractivity contribution in [2.75, 3.05) is 26.1 Å². The quantitative estimate of drug-likeness (QED) is 0.554. The van der Waals surface area contributed by atoms with E-state index in [9.17, 15) is 0 Å². The van der Waals surface area contributed by atoms with Crippen molar-refractivity contribution in [3.8, 4) is 5.75 Å². The number of ether oxygens (including phenoxy) is 1. The Morgan fingerprint density at radius 2 is 1.88 bits per heavy atom. The van der Waals surface area contributed by atoms with E-state index in [1.54, 1.807) is 19.2 Å². The molecule has 16 heavy (non-hydrogen) atoms. The third-order valence-corrected chi connectivity index (χ3v) is 1.77. The van der Waals surface area contributed by atoms with Gasteiger partial charge in [-0.05, 0) is 6.07 Å². The van der Waals surface area contributed by atoms with Crippen molar-refractivity contribution in [3.05, 3.63) is 23.2 Å². The van der Waals surface area contributed by atoms with E-state index in [1.165, 1.54) is 0 Å². The molecule has 0 saturated carbocycles. The van der Waals surface area contributed by atoms with E-state index in [1.807, 2.05) is 25.1 Å². The van der Waals surface area contributed by atoms with Gasteiger partial charge in [-0.25, -0.2) is 0 Å². The molecule has 0 aliphatic heterocycles. The van der Waals surface area contributed by atoms with Crippen LogP contribution in [0.4, 0.5) is 11.4 Å². The zero-order chi connectivity index (χ0) is 9.84. The molecule has 0 saturated heterocycles. The zero-order valence-electron chi connectivity index (χ0n) is 9.48. The molecule has 4 nitrogen and oxygen atoms in total. The van der Waals surface area contributed by atoms with Gasteiger partial charge in [0.25, 0.3) is 0 Å². The maximum atomic E-state index is 8.69. The molecule has 1 rings (SSSR count). The summed E-state index contributed by atoms with van der Waals surface area (Å²) in [6.45, 7) is 0. The molecule has 0 fully saturated rings. The number of methoxy groups -OCH3 is 1. The Morgan fingerprint density at radius 1 is 1.31 bits per heavy atom. The van der Waals surface area contributed by atoms with Crippen molar-refractivity contribution in [3.63, 3.8) is 0 Å². The van der Waals surface area contributed by atoms with E-state index in [0.29, 0.717) is 5.69 Å². The molecule has 0 N–H and O–H groups in total. The van der Waals surface area contributed by atoms with Crippen molar-refractivity contribution < 1.29 is 36.6 Å². The van der Waals surface area contributed by atoms with Crippen molar-refractivity contribution in [2.45, 2.75) is 0 Å². The van der Waals surface area contributed by atoms with E-state index in [4.69, 9.17) is 10.1 Å². The van der Waals surface area contributed by atoms with E-state index in [-0.39, 0.29) is 44.3 Å². The number of diazo groups is 1. The van der Waals surface area contributed by atoms with Gasteiger partial charge in [0.1, 0.15) is 11.4 Å². The van der Waals surface area contributed by atoms with Gasteiger partial charge in [-0.15, -0.1) is 12.4 Å². The van der Waals surface area contributed by atoms with Gasteiger partial charge >= 0.3 is 5.69 Å². The van der Waals surface area contributed by atoms with Crippen LogP contribution in [0.2, 0.25) is 0 Å². The van der Waals surface area contributed by atoms with Gasteiger partial charge in [0.2, 0.25) is 5.39 Å². The Morgan fingerprint density at radius 3 is 2.25 bits per heavy atom. The zero-order valence-corrected chi connectivity index (χ0v) is 14.0. The second kappa shape index (κ2) is 9.65. The van der Waals surface area contributed by atoms with Crippen molar-refractivity contribution in [1.82, 2.24) is 0 Å². The second-order valence-electron chi connectivity index (χ2n) is 2.85. The molecule has 0 heterocycles. The van der Waals surface area contributed by atoms with Crippen molar-refractivity contribution in [2.24, 2.45) is 0 Å². The molecule has 1 aromatic rings. The molecule has 86 valence electrons. The number of anilines is 1. The fourth-order valence-corrected chi connectivity index (χ4v) is 1.07. The molecule has 0 aliphatic rings. The summed E-state index contributed by atoms with van der Waals surface area (Å²) in [5.74, 6) is 0.746. The van der Waals surface area contributed by atoms with E-state index in [2.05, 4.69) is 4.98 Å². The molecule has 7 heteroatoms. The Bertz CT molecular complexity index is 355. The average Bonchev–Trinajstić information content (AvgIpc) is 2.16. The molecule has 0 radical (unpaired) electrons. The third kappa shape index (κ3) is 4.98. The summed E-state index contributed by atoms with van der Waals surface area (Å²) in [5.41, 5.74) is 1.35. The summed E-state index contributed by atoms with van der Waals surface area (Å²) in [4.78, 5) is 5.03. The van der Waals surface area contributed by atoms with Crippen molar-refractivity contribution >= 4 is 23.8 Å². The SMILES string of the molecule is COc1ccc([N+]#N)c(N(C)C)c1.Cl.[Cl-].[Zn]. The molecule has 0 bridgehead atoms. The molecular formula is C9H13Cl2N3OZn. The molecule has 0 aromatic heterocycles. The number of hydrogen-bond donors (Lipinski definition) is 0. The first-order valence-electron chi connectivity index (χ1n) is 3.89. The minimum absolute atomic E-state index is 0. The molecule has 0 spiro atoms. The monoisotopic (exact) mass is 313 g/mol. The normalized spacial score (nSPS) is 7.38. The molecule has 0 atom stereocenters. The molecule has 0 amide bonds. The third-order valence-electron chi connectivity index (χ3n) is 1.77. The van der Waals surface area contributed by atoms with Gasteiger partial charge in [-0.1, -0.05) is 0 Å². The summed E-state index contributed by atoms with van der Waals surface area (Å²) in [6.07, 6.45) is 0. The van der Waals surface area contributed by atoms with Crippen LogP contribution in [-0.4, -0.2) is 21.2 Å². The summed E-state index contributed by atoms with van der Waals surface area (Å²) in [6, 6.07) is 5.27. The molecule has 0 aliphatic carbocycles. The fourth-order valence-electron chi connectivity index (χ4n) is 1.07. The summed E-state index contributed by atoms with van der Waals surface area (Å²) >= 11 is 0. The summed E-state index contributed by atoms with van der Waals surface area (Å²) < 4.78 is 5.05. The van der Waals surface area contributed by atoms with Gasteiger partial charge in [-0.3, -0.25) is 0 Å². The molecule has 0 unspecified atom stereocenters. The van der Waals surface area contributed by atoms with Gasteiger partial charge in [0.15, 0.2) is 4.98 Å². The van der Waals surface area contributed by atoms with Gasteiger partial charge in [0.05, 0.1) is 7.11 Å². The predicted molar refractivity (Wildman–Crippen MR) is 59.3 cm³/mol. The first kappa shape index (κ1) is 20.8. The van der Waals surface area contributed by atoms with E-state index >= 15 is 0 Å². The number of rotatable bonds is 2. The van der Waals surface area contributed by atoms with Crippen LogP contribution < -0.4 is 22.0 Å². The predicted octanol–water partition coefficient (Wildman–Crippen LogP) is -0.331. The maximum Gasteiger partial charge on any atom is 0.408 e. The summed E-state index contributed by atoms with van der Waals surface area (Å²) in [5, 5.41) is 8.69. The number of hydrogen-bond acceptors (Lipinski definition) is 3. The Balaban J connectivity index is -0.000000563. The van der Waals surface area contributed by atoms with Gasteiger partial charge < -0.3 is 22.0 Å². The van der Waals surface area contributed by atoms with Crippen LogP contribution >= 0.6 is 12.4 Å². The van der Waals surface area contributed by atoms with Crippen molar-refractivity contribution in [1.29, 1.82) is 5.39 Å².